The summed E-state index contributed by atoms with van der Waals surface area (Å²) in [6, 6.07) is 14.0. The molecule has 26 heavy (non-hydrogen) atoms. The molecule has 132 valence electrons. The van der Waals surface area contributed by atoms with E-state index in [1.807, 2.05) is 0 Å². The highest BCUT2D eigenvalue weighted by Crippen LogP contribution is 2.26. The molecule has 2 N–H and O–H groups in total. The van der Waals surface area contributed by atoms with Crippen LogP contribution in [0.15, 0.2) is 53.4 Å². The third-order valence-electron chi connectivity index (χ3n) is 3.34. The van der Waals surface area contributed by atoms with Gasteiger partial charge in [-0.15, -0.1) is 0 Å². The maximum atomic E-state index is 11.9. The molecule has 3 rings (SSSR count). The zero-order chi connectivity index (χ0) is 18.5. The molecule has 0 unspecified atom stereocenters. The molecule has 1 fully saturated rings. The van der Waals surface area contributed by atoms with Gasteiger partial charge in [0.1, 0.15) is 10.1 Å². The van der Waals surface area contributed by atoms with Gasteiger partial charge in [0.25, 0.3) is 11.8 Å². The molecule has 0 atom stereocenters. The number of anilines is 1. The summed E-state index contributed by atoms with van der Waals surface area (Å²) in [4.78, 5) is 24.1. The number of amides is 2. The summed E-state index contributed by atoms with van der Waals surface area (Å²) in [5.41, 5.74) is 1.37. The van der Waals surface area contributed by atoms with Crippen LogP contribution in [0, 0.1) is 0 Å². The van der Waals surface area contributed by atoms with Crippen molar-refractivity contribution in [2.75, 3.05) is 11.9 Å². The van der Waals surface area contributed by atoms with E-state index >= 15 is 0 Å². The molecule has 8 heteroatoms. The normalized spacial score (nSPS) is 15.0. The van der Waals surface area contributed by atoms with Gasteiger partial charge in [0.2, 0.25) is 0 Å². The molecule has 2 aromatic rings. The van der Waals surface area contributed by atoms with Crippen LogP contribution < -0.4 is 15.4 Å². The van der Waals surface area contributed by atoms with E-state index < -0.39 is 0 Å². The smallest absolute Gasteiger partial charge is 0.263 e. The maximum absolute atomic E-state index is 11.9. The second-order valence-electron chi connectivity index (χ2n) is 5.24. The Morgan fingerprint density at radius 1 is 1.23 bits per heavy atom. The summed E-state index contributed by atoms with van der Waals surface area (Å²) < 4.78 is 5.91. The predicted octanol–water partition coefficient (Wildman–Crippen LogP) is 3.85. The van der Waals surface area contributed by atoms with Crippen molar-refractivity contribution in [1.29, 1.82) is 0 Å². The summed E-state index contributed by atoms with van der Waals surface area (Å²) in [6.45, 7) is -0.141. The molecule has 2 amide bonds. The first-order valence-electron chi connectivity index (χ1n) is 7.53. The SMILES string of the molecule is O=C(COc1ccc(/C=C2\SC(=S)NC2=O)cc1)Nc1ccccc1Cl. The first kappa shape index (κ1) is 18.4. The number of halogens is 1. The van der Waals surface area contributed by atoms with E-state index in [1.165, 1.54) is 11.8 Å². The van der Waals surface area contributed by atoms with Crippen LogP contribution in [0.25, 0.3) is 6.08 Å². The summed E-state index contributed by atoms with van der Waals surface area (Å²) in [5, 5.41) is 5.71. The van der Waals surface area contributed by atoms with E-state index in [9.17, 15) is 9.59 Å². The molecule has 0 radical (unpaired) electrons. The Bertz CT molecular complexity index is 898. The van der Waals surface area contributed by atoms with Gasteiger partial charge in [-0.2, -0.15) is 0 Å². The van der Waals surface area contributed by atoms with Gasteiger partial charge in [-0.05, 0) is 35.9 Å². The lowest BCUT2D eigenvalue weighted by molar-refractivity contribution is -0.118. The van der Waals surface area contributed by atoms with Gasteiger partial charge in [0.15, 0.2) is 6.61 Å². The highest BCUT2D eigenvalue weighted by molar-refractivity contribution is 8.26. The van der Waals surface area contributed by atoms with Gasteiger partial charge >= 0.3 is 0 Å². The zero-order valence-electron chi connectivity index (χ0n) is 13.3. The standard InChI is InChI=1S/C18H13ClN2O3S2/c19-13-3-1-2-4-14(13)20-16(22)10-24-12-7-5-11(6-8-12)9-15-17(23)21-18(25)26-15/h1-9H,10H2,(H,20,22)(H,21,23,25)/b15-9-. The van der Waals surface area contributed by atoms with Crippen LogP contribution in [0.1, 0.15) is 5.56 Å². The number of ether oxygens (including phenoxy) is 1. The van der Waals surface area contributed by atoms with Crippen LogP contribution in [0.5, 0.6) is 5.75 Å². The van der Waals surface area contributed by atoms with Crippen molar-refractivity contribution < 1.29 is 14.3 Å². The van der Waals surface area contributed by atoms with Gasteiger partial charge in [0.05, 0.1) is 15.6 Å². The van der Waals surface area contributed by atoms with Crippen molar-refractivity contribution in [2.45, 2.75) is 0 Å². The number of para-hydroxylation sites is 1. The number of hydrogen-bond acceptors (Lipinski definition) is 5. The molecule has 5 nitrogen and oxygen atoms in total. The Labute approximate surface area is 164 Å². The number of rotatable bonds is 5. The third kappa shape index (κ3) is 4.85. The molecular weight excluding hydrogens is 392 g/mol. The number of thiocarbonyl (C=S) groups is 1. The molecule has 0 aromatic heterocycles. The average molecular weight is 405 g/mol. The maximum Gasteiger partial charge on any atom is 0.263 e. The second-order valence-corrected chi connectivity index (χ2v) is 7.36. The van der Waals surface area contributed by atoms with Crippen molar-refractivity contribution in [2.24, 2.45) is 0 Å². The molecule has 0 aliphatic carbocycles. The van der Waals surface area contributed by atoms with E-state index in [0.29, 0.717) is 25.7 Å². The van der Waals surface area contributed by atoms with E-state index in [-0.39, 0.29) is 18.4 Å². The Morgan fingerprint density at radius 2 is 1.96 bits per heavy atom. The zero-order valence-corrected chi connectivity index (χ0v) is 15.7. The summed E-state index contributed by atoms with van der Waals surface area (Å²) in [7, 11) is 0. The second kappa shape index (κ2) is 8.35. The highest BCUT2D eigenvalue weighted by atomic mass is 35.5. The molecule has 0 spiro atoms. The number of thioether (sulfide) groups is 1. The Balaban J connectivity index is 1.55. The van der Waals surface area contributed by atoms with E-state index in [2.05, 4.69) is 10.6 Å². The molecule has 1 heterocycles. The van der Waals surface area contributed by atoms with E-state index in [1.54, 1.807) is 54.6 Å². The van der Waals surface area contributed by atoms with Crippen molar-refractivity contribution in [1.82, 2.24) is 5.32 Å². The number of nitrogens with one attached hydrogen (secondary N) is 2. The van der Waals surface area contributed by atoms with E-state index in [0.717, 1.165) is 5.56 Å². The largest absolute Gasteiger partial charge is 0.484 e. The van der Waals surface area contributed by atoms with Crippen LogP contribution in [-0.4, -0.2) is 22.7 Å². The molecule has 1 aliphatic heterocycles. The first-order valence-corrected chi connectivity index (χ1v) is 9.13. The molecule has 2 aromatic carbocycles. The topological polar surface area (TPSA) is 67.4 Å². The summed E-state index contributed by atoms with van der Waals surface area (Å²) >= 11 is 12.2. The van der Waals surface area contributed by atoms with Crippen molar-refractivity contribution >= 4 is 63.5 Å². The van der Waals surface area contributed by atoms with Crippen LogP contribution >= 0.6 is 35.6 Å². The third-order valence-corrected chi connectivity index (χ3v) is 4.83. The highest BCUT2D eigenvalue weighted by Gasteiger charge is 2.21. The lowest BCUT2D eigenvalue weighted by Gasteiger charge is -2.09. The minimum atomic E-state index is -0.308. The minimum absolute atomic E-state index is 0.141. The molecule has 1 saturated heterocycles. The lowest BCUT2D eigenvalue weighted by Crippen LogP contribution is -2.20. The van der Waals surface area contributed by atoms with Gasteiger partial charge in [-0.25, -0.2) is 0 Å². The molecular formula is C18H13ClN2O3S2. The fourth-order valence-electron chi connectivity index (χ4n) is 2.13. The average Bonchev–Trinajstić information content (AvgIpc) is 2.93. The Hall–Kier alpha value is -2.35. The minimum Gasteiger partial charge on any atom is -0.484 e. The van der Waals surface area contributed by atoms with Crippen LogP contribution in [0.2, 0.25) is 5.02 Å². The summed E-state index contributed by atoms with van der Waals surface area (Å²) in [6.07, 6.45) is 1.74. The van der Waals surface area contributed by atoms with Gasteiger partial charge in [0, 0.05) is 0 Å². The fraction of sp³-hybridized carbons (Fsp3) is 0.0556. The molecule has 0 bridgehead atoms. The summed E-state index contributed by atoms with van der Waals surface area (Å²) in [5.74, 6) is 0.0360. The van der Waals surface area contributed by atoms with Crippen LogP contribution in [-0.2, 0) is 9.59 Å². The van der Waals surface area contributed by atoms with Crippen molar-refractivity contribution in [3.8, 4) is 5.75 Å². The van der Waals surface area contributed by atoms with Gasteiger partial charge in [-0.3, -0.25) is 9.59 Å². The number of carbonyl (C=O) groups excluding carboxylic acids is 2. The number of hydrogen-bond donors (Lipinski definition) is 2. The van der Waals surface area contributed by atoms with Crippen molar-refractivity contribution in [3.63, 3.8) is 0 Å². The molecule has 0 saturated carbocycles. The van der Waals surface area contributed by atoms with E-state index in [4.69, 9.17) is 28.6 Å². The Morgan fingerprint density at radius 3 is 2.62 bits per heavy atom. The number of benzene rings is 2. The number of carbonyl (C=O) groups is 2. The van der Waals surface area contributed by atoms with Crippen LogP contribution in [0.3, 0.4) is 0 Å². The van der Waals surface area contributed by atoms with Gasteiger partial charge < -0.3 is 15.4 Å². The monoisotopic (exact) mass is 404 g/mol. The predicted molar refractivity (Wildman–Crippen MR) is 108 cm³/mol. The molecule has 1 aliphatic rings. The Kier molecular flexibility index (Phi) is 5.92. The first-order chi connectivity index (χ1) is 12.5. The lowest BCUT2D eigenvalue weighted by atomic mass is 10.2. The van der Waals surface area contributed by atoms with Gasteiger partial charge in [-0.1, -0.05) is 59.8 Å². The quantitative estimate of drug-likeness (QED) is 0.585. The fourth-order valence-corrected chi connectivity index (χ4v) is 3.36. The van der Waals surface area contributed by atoms with Crippen molar-refractivity contribution in [3.05, 3.63) is 64.0 Å². The van der Waals surface area contributed by atoms with Crippen LogP contribution in [0.4, 0.5) is 5.69 Å².